The molecule has 0 spiro atoms. The molecule has 0 atom stereocenters. The quantitative estimate of drug-likeness (QED) is 0.538. The highest BCUT2D eigenvalue weighted by atomic mass is 16.6. The van der Waals surface area contributed by atoms with Crippen LogP contribution in [0.1, 0.15) is 18.1 Å². The van der Waals surface area contributed by atoms with E-state index in [0.717, 1.165) is 0 Å². The van der Waals surface area contributed by atoms with Crippen LogP contribution in [0.5, 0.6) is 23.0 Å². The van der Waals surface area contributed by atoms with Crippen molar-refractivity contribution in [1.82, 2.24) is 0 Å². The molecule has 0 aromatic heterocycles. The predicted octanol–water partition coefficient (Wildman–Crippen LogP) is 3.46. The average Bonchev–Trinajstić information content (AvgIpc) is 3.08. The minimum atomic E-state index is -0.555. The van der Waals surface area contributed by atoms with E-state index in [9.17, 15) is 4.79 Å². The number of ether oxygens (including phenoxy) is 5. The van der Waals surface area contributed by atoms with Crippen LogP contribution in [0.15, 0.2) is 47.1 Å². The first kappa shape index (κ1) is 19.3. The summed E-state index contributed by atoms with van der Waals surface area (Å²) in [5.74, 6) is 1.87. The maximum Gasteiger partial charge on any atom is 0.363 e. The zero-order valence-corrected chi connectivity index (χ0v) is 16.1. The van der Waals surface area contributed by atoms with Crippen LogP contribution in [0.2, 0.25) is 0 Å². The summed E-state index contributed by atoms with van der Waals surface area (Å²) in [7, 11) is 4.64. The van der Waals surface area contributed by atoms with Crippen LogP contribution in [0.25, 0.3) is 6.08 Å². The van der Waals surface area contributed by atoms with Crippen molar-refractivity contribution in [3.63, 3.8) is 0 Å². The standard InChI is InChI=1S/C21H21NO6/c1-5-27-18-8-6-7-13(19(18)26-4)11-17-21(23)28-20(22-17)14-9-15(24-2)12-16(10-14)25-3/h6-12H,5H2,1-4H3/b17-11-. The molecule has 0 amide bonds. The Bertz CT molecular complexity index is 926. The molecule has 2 aromatic carbocycles. The van der Waals surface area contributed by atoms with E-state index in [0.29, 0.717) is 40.7 Å². The van der Waals surface area contributed by atoms with Crippen molar-refractivity contribution in [1.29, 1.82) is 0 Å². The maximum absolute atomic E-state index is 12.3. The largest absolute Gasteiger partial charge is 0.497 e. The fraction of sp³-hybridized carbons (Fsp3) is 0.238. The molecule has 0 fully saturated rings. The van der Waals surface area contributed by atoms with E-state index in [1.165, 1.54) is 0 Å². The third-order valence-electron chi connectivity index (χ3n) is 4.02. The molecule has 0 unspecified atom stereocenters. The van der Waals surface area contributed by atoms with E-state index in [4.69, 9.17) is 23.7 Å². The summed E-state index contributed by atoms with van der Waals surface area (Å²) in [6, 6.07) is 10.6. The highest BCUT2D eigenvalue weighted by Gasteiger charge is 2.25. The normalized spacial score (nSPS) is 14.5. The monoisotopic (exact) mass is 383 g/mol. The van der Waals surface area contributed by atoms with Crippen LogP contribution in [0.3, 0.4) is 0 Å². The number of methoxy groups -OCH3 is 3. The molecule has 146 valence electrons. The smallest absolute Gasteiger partial charge is 0.363 e. The van der Waals surface area contributed by atoms with Crippen molar-refractivity contribution >= 4 is 17.9 Å². The fourth-order valence-electron chi connectivity index (χ4n) is 2.74. The number of benzene rings is 2. The van der Waals surface area contributed by atoms with E-state index >= 15 is 0 Å². The Balaban J connectivity index is 2.00. The van der Waals surface area contributed by atoms with Gasteiger partial charge in [0.25, 0.3) is 0 Å². The van der Waals surface area contributed by atoms with Gasteiger partial charge in [-0.05, 0) is 31.2 Å². The molecule has 1 aliphatic heterocycles. The van der Waals surface area contributed by atoms with Gasteiger partial charge in [-0.2, -0.15) is 0 Å². The van der Waals surface area contributed by atoms with Gasteiger partial charge in [-0.1, -0.05) is 12.1 Å². The first-order chi connectivity index (χ1) is 13.6. The lowest BCUT2D eigenvalue weighted by molar-refractivity contribution is -0.129. The third kappa shape index (κ3) is 3.93. The highest BCUT2D eigenvalue weighted by Crippen LogP contribution is 2.34. The molecule has 0 radical (unpaired) electrons. The molecular formula is C21H21NO6. The van der Waals surface area contributed by atoms with Crippen molar-refractivity contribution in [2.45, 2.75) is 6.92 Å². The Morgan fingerprint density at radius 1 is 1.04 bits per heavy atom. The molecular weight excluding hydrogens is 362 g/mol. The van der Waals surface area contributed by atoms with Crippen LogP contribution >= 0.6 is 0 Å². The van der Waals surface area contributed by atoms with Gasteiger partial charge in [0.15, 0.2) is 17.2 Å². The molecule has 7 nitrogen and oxygen atoms in total. The van der Waals surface area contributed by atoms with E-state index in [1.54, 1.807) is 51.7 Å². The molecule has 0 N–H and O–H groups in total. The Morgan fingerprint density at radius 3 is 2.36 bits per heavy atom. The SMILES string of the molecule is CCOc1cccc(/C=C2\N=C(c3cc(OC)cc(OC)c3)OC2=O)c1OC. The zero-order chi connectivity index (χ0) is 20.1. The van der Waals surface area contributed by atoms with Gasteiger partial charge in [-0.3, -0.25) is 0 Å². The summed E-state index contributed by atoms with van der Waals surface area (Å²) in [5.41, 5.74) is 1.39. The molecule has 1 heterocycles. The summed E-state index contributed by atoms with van der Waals surface area (Å²) < 4.78 is 26.9. The summed E-state index contributed by atoms with van der Waals surface area (Å²) in [4.78, 5) is 16.7. The number of hydrogen-bond donors (Lipinski definition) is 0. The number of aliphatic imine (C=N–C) groups is 1. The number of nitrogens with zero attached hydrogens (tertiary/aromatic N) is 1. The lowest BCUT2D eigenvalue weighted by Gasteiger charge is -2.11. The molecule has 1 aliphatic rings. The minimum Gasteiger partial charge on any atom is -0.497 e. The maximum atomic E-state index is 12.3. The fourth-order valence-corrected chi connectivity index (χ4v) is 2.74. The molecule has 7 heteroatoms. The number of cyclic esters (lactones) is 1. The van der Waals surface area contributed by atoms with E-state index < -0.39 is 5.97 Å². The van der Waals surface area contributed by atoms with Crippen LogP contribution in [0.4, 0.5) is 0 Å². The second kappa shape index (κ2) is 8.47. The van der Waals surface area contributed by atoms with E-state index in [2.05, 4.69) is 4.99 Å². The number of rotatable bonds is 7. The molecule has 0 bridgehead atoms. The van der Waals surface area contributed by atoms with E-state index in [-0.39, 0.29) is 11.6 Å². The third-order valence-corrected chi connectivity index (χ3v) is 4.02. The van der Waals surface area contributed by atoms with Crippen molar-refractivity contribution in [2.24, 2.45) is 4.99 Å². The van der Waals surface area contributed by atoms with Crippen molar-refractivity contribution in [2.75, 3.05) is 27.9 Å². The second-order valence-corrected chi connectivity index (χ2v) is 5.75. The first-order valence-corrected chi connectivity index (χ1v) is 8.65. The minimum absolute atomic E-state index is 0.156. The van der Waals surface area contributed by atoms with Gasteiger partial charge in [0.05, 0.1) is 27.9 Å². The topological polar surface area (TPSA) is 75.6 Å². The molecule has 0 aliphatic carbocycles. The first-order valence-electron chi connectivity index (χ1n) is 8.65. The predicted molar refractivity (Wildman–Crippen MR) is 104 cm³/mol. The Hall–Kier alpha value is -3.48. The molecule has 0 saturated carbocycles. The molecule has 2 aromatic rings. The number of carbonyl (C=O) groups excluding carboxylic acids is 1. The average molecular weight is 383 g/mol. The van der Waals surface area contributed by atoms with Crippen molar-refractivity contribution in [3.8, 4) is 23.0 Å². The zero-order valence-electron chi connectivity index (χ0n) is 16.1. The van der Waals surface area contributed by atoms with Gasteiger partial charge in [0, 0.05) is 17.2 Å². The summed E-state index contributed by atoms with van der Waals surface area (Å²) in [5, 5.41) is 0. The van der Waals surface area contributed by atoms with Crippen LogP contribution in [-0.2, 0) is 9.53 Å². The Labute approximate surface area is 163 Å². The Morgan fingerprint density at radius 2 is 1.75 bits per heavy atom. The number of esters is 1. The summed E-state index contributed by atoms with van der Waals surface area (Å²) in [6.45, 7) is 2.39. The molecule has 3 rings (SSSR count). The van der Waals surface area contributed by atoms with Crippen LogP contribution < -0.4 is 18.9 Å². The van der Waals surface area contributed by atoms with Gasteiger partial charge in [0.2, 0.25) is 5.90 Å². The lowest BCUT2D eigenvalue weighted by atomic mass is 10.1. The van der Waals surface area contributed by atoms with Gasteiger partial charge < -0.3 is 23.7 Å². The van der Waals surface area contributed by atoms with Crippen LogP contribution in [-0.4, -0.2) is 39.8 Å². The molecule has 0 saturated heterocycles. The summed E-state index contributed by atoms with van der Waals surface area (Å²) >= 11 is 0. The Kier molecular flexibility index (Phi) is 5.84. The van der Waals surface area contributed by atoms with Gasteiger partial charge in [0.1, 0.15) is 11.5 Å². The van der Waals surface area contributed by atoms with Crippen molar-refractivity contribution in [3.05, 3.63) is 53.2 Å². The van der Waals surface area contributed by atoms with E-state index in [1.807, 2.05) is 19.1 Å². The summed E-state index contributed by atoms with van der Waals surface area (Å²) in [6.07, 6.45) is 1.61. The second-order valence-electron chi connectivity index (χ2n) is 5.75. The van der Waals surface area contributed by atoms with Gasteiger partial charge in [-0.25, -0.2) is 9.79 Å². The number of carbonyl (C=O) groups is 1. The number of hydrogen-bond acceptors (Lipinski definition) is 7. The van der Waals surface area contributed by atoms with Crippen LogP contribution in [0, 0.1) is 0 Å². The number of para-hydroxylation sites is 1. The van der Waals surface area contributed by atoms with Gasteiger partial charge in [-0.15, -0.1) is 0 Å². The lowest BCUT2D eigenvalue weighted by Crippen LogP contribution is -2.06. The van der Waals surface area contributed by atoms with Crippen molar-refractivity contribution < 1.29 is 28.5 Å². The van der Waals surface area contributed by atoms with Gasteiger partial charge >= 0.3 is 5.97 Å². The highest BCUT2D eigenvalue weighted by molar-refractivity contribution is 6.13. The molecule has 28 heavy (non-hydrogen) atoms.